The van der Waals surface area contributed by atoms with Crippen LogP contribution in [0.1, 0.15) is 47.3 Å². The molecule has 7 heteroatoms. The molecule has 1 rings (SSSR count). The number of nitrogens with zero attached hydrogens (tertiary/aromatic N) is 1. The van der Waals surface area contributed by atoms with Crippen LogP contribution in [-0.2, 0) is 10.8 Å². The topological polar surface area (TPSA) is 96.4 Å². The number of hydrogen-bond donors (Lipinski definition) is 2. The molecule has 0 fully saturated rings. The third-order valence-electron chi connectivity index (χ3n) is 2.80. The summed E-state index contributed by atoms with van der Waals surface area (Å²) in [5, 5.41) is 11.5. The van der Waals surface area contributed by atoms with Crippen LogP contribution in [0, 0.1) is 6.92 Å². The largest absolute Gasteiger partial charge is 0.478 e. The fourth-order valence-electron chi connectivity index (χ4n) is 1.57. The molecule has 0 aliphatic rings. The number of nitrogens with one attached hydrogen (secondary N) is 1. The van der Waals surface area contributed by atoms with Crippen LogP contribution < -0.4 is 5.32 Å². The zero-order valence-electron chi connectivity index (χ0n) is 12.6. The molecule has 0 saturated heterocycles. The van der Waals surface area contributed by atoms with Crippen molar-refractivity contribution in [3.05, 3.63) is 29.1 Å². The highest BCUT2D eigenvalue weighted by molar-refractivity contribution is 7.86. The number of carboxylic acid groups (broad SMARTS) is 1. The minimum Gasteiger partial charge on any atom is -0.478 e. The molecule has 0 aromatic carbocycles. The SMILES string of the molecule is Cc1nc(C(=O)NCCS(=O)C(C)(C)C)ccc1C(=O)O. The van der Waals surface area contributed by atoms with Crippen molar-refractivity contribution in [1.82, 2.24) is 10.3 Å². The van der Waals surface area contributed by atoms with Crippen molar-refractivity contribution in [2.24, 2.45) is 0 Å². The van der Waals surface area contributed by atoms with Gasteiger partial charge in [-0.15, -0.1) is 0 Å². The predicted octanol–water partition coefficient (Wildman–Crippen LogP) is 1.37. The summed E-state index contributed by atoms with van der Waals surface area (Å²) in [5.41, 5.74) is 0.507. The molecule has 6 nitrogen and oxygen atoms in total. The van der Waals surface area contributed by atoms with Crippen LogP contribution in [0.4, 0.5) is 0 Å². The number of pyridine rings is 1. The summed E-state index contributed by atoms with van der Waals surface area (Å²) in [5.74, 6) is -1.12. The highest BCUT2D eigenvalue weighted by atomic mass is 32.2. The van der Waals surface area contributed by atoms with Gasteiger partial charge < -0.3 is 10.4 Å². The lowest BCUT2D eigenvalue weighted by Gasteiger charge is -2.17. The molecule has 1 unspecified atom stereocenters. The van der Waals surface area contributed by atoms with Gasteiger partial charge in [-0.25, -0.2) is 9.78 Å². The first-order valence-electron chi connectivity index (χ1n) is 6.50. The lowest BCUT2D eigenvalue weighted by atomic mass is 10.2. The van der Waals surface area contributed by atoms with E-state index in [1.54, 1.807) is 0 Å². The van der Waals surface area contributed by atoms with E-state index in [0.29, 0.717) is 5.75 Å². The standard InChI is InChI=1S/C14H20N2O4S/c1-9-10(13(18)19)5-6-11(16-9)12(17)15-7-8-21(20)14(2,3)4/h5-6H,7-8H2,1-4H3,(H,15,17)(H,18,19). The van der Waals surface area contributed by atoms with Crippen molar-refractivity contribution in [3.63, 3.8) is 0 Å². The Hall–Kier alpha value is -1.76. The lowest BCUT2D eigenvalue weighted by molar-refractivity contribution is 0.0694. The molecule has 0 radical (unpaired) electrons. The van der Waals surface area contributed by atoms with Crippen LogP contribution in [-0.4, -0.2) is 43.2 Å². The van der Waals surface area contributed by atoms with Crippen LogP contribution in [0.3, 0.4) is 0 Å². The van der Waals surface area contributed by atoms with E-state index in [9.17, 15) is 13.8 Å². The maximum atomic E-state index is 11.9. The van der Waals surface area contributed by atoms with E-state index in [0.717, 1.165) is 0 Å². The van der Waals surface area contributed by atoms with Gasteiger partial charge in [0.1, 0.15) is 5.69 Å². The molecule has 116 valence electrons. The normalized spacial score (nSPS) is 12.8. The van der Waals surface area contributed by atoms with Gasteiger partial charge in [-0.05, 0) is 39.8 Å². The third kappa shape index (κ3) is 4.93. The number of carbonyl (C=O) groups is 2. The summed E-state index contributed by atoms with van der Waals surface area (Å²) < 4.78 is 11.5. The molecule has 1 heterocycles. The fraction of sp³-hybridized carbons (Fsp3) is 0.500. The molecule has 1 aromatic rings. The monoisotopic (exact) mass is 312 g/mol. The first-order chi connectivity index (χ1) is 9.62. The summed E-state index contributed by atoms with van der Waals surface area (Å²) in [6.07, 6.45) is 0. The number of aromatic nitrogens is 1. The quantitative estimate of drug-likeness (QED) is 0.856. The predicted molar refractivity (Wildman–Crippen MR) is 81.0 cm³/mol. The fourth-order valence-corrected chi connectivity index (χ4v) is 2.47. The number of amides is 1. The Morgan fingerprint density at radius 2 is 1.95 bits per heavy atom. The summed E-state index contributed by atoms with van der Waals surface area (Å²) in [6.45, 7) is 7.44. The number of hydrogen-bond acceptors (Lipinski definition) is 4. The van der Waals surface area contributed by atoms with Gasteiger partial charge in [0.15, 0.2) is 0 Å². The molecule has 1 amide bonds. The average Bonchev–Trinajstić information content (AvgIpc) is 2.36. The van der Waals surface area contributed by atoms with Crippen LogP contribution >= 0.6 is 0 Å². The molecule has 0 spiro atoms. The van der Waals surface area contributed by atoms with Crippen LogP contribution in [0.25, 0.3) is 0 Å². The van der Waals surface area contributed by atoms with Gasteiger partial charge in [0, 0.05) is 27.8 Å². The summed E-state index contributed by atoms with van der Waals surface area (Å²) >= 11 is 0. The van der Waals surface area contributed by atoms with Crippen molar-refractivity contribution in [3.8, 4) is 0 Å². The Morgan fingerprint density at radius 1 is 1.33 bits per heavy atom. The molecule has 21 heavy (non-hydrogen) atoms. The van der Waals surface area contributed by atoms with Crippen molar-refractivity contribution in [2.45, 2.75) is 32.4 Å². The molecule has 0 aliphatic carbocycles. The summed E-state index contributed by atoms with van der Waals surface area (Å²) in [4.78, 5) is 26.7. The Kier molecular flexibility index (Phi) is 5.60. The highest BCUT2D eigenvalue weighted by Crippen LogP contribution is 2.10. The molecule has 1 atom stereocenters. The molecule has 0 bridgehead atoms. The number of carbonyl (C=O) groups excluding carboxylic acids is 1. The highest BCUT2D eigenvalue weighted by Gasteiger charge is 2.19. The van der Waals surface area contributed by atoms with Crippen molar-refractivity contribution >= 4 is 22.7 Å². The number of rotatable bonds is 5. The number of aryl methyl sites for hydroxylation is 1. The molecule has 0 aliphatic heterocycles. The molecular weight excluding hydrogens is 292 g/mol. The van der Waals surface area contributed by atoms with Gasteiger partial charge in [0.05, 0.1) is 11.3 Å². The molecular formula is C14H20N2O4S. The van der Waals surface area contributed by atoms with Gasteiger partial charge in [-0.3, -0.25) is 9.00 Å². The van der Waals surface area contributed by atoms with Gasteiger partial charge in [-0.2, -0.15) is 0 Å². The summed E-state index contributed by atoms with van der Waals surface area (Å²) in [7, 11) is -1.04. The van der Waals surface area contributed by atoms with E-state index in [4.69, 9.17) is 5.11 Å². The Balaban J connectivity index is 2.63. The minimum atomic E-state index is -1.08. The second-order valence-electron chi connectivity index (χ2n) is 5.55. The summed E-state index contributed by atoms with van der Waals surface area (Å²) in [6, 6.07) is 2.72. The van der Waals surface area contributed by atoms with E-state index in [-0.39, 0.29) is 28.2 Å². The van der Waals surface area contributed by atoms with Gasteiger partial charge >= 0.3 is 5.97 Å². The maximum Gasteiger partial charge on any atom is 0.337 e. The van der Waals surface area contributed by atoms with Gasteiger partial charge in [0.2, 0.25) is 0 Å². The van der Waals surface area contributed by atoms with Crippen LogP contribution in [0.5, 0.6) is 0 Å². The number of carboxylic acids is 1. The number of aromatic carboxylic acids is 1. The van der Waals surface area contributed by atoms with Crippen LogP contribution in [0.15, 0.2) is 12.1 Å². The van der Waals surface area contributed by atoms with E-state index >= 15 is 0 Å². The Bertz CT molecular complexity index is 579. The zero-order chi connectivity index (χ0) is 16.2. The van der Waals surface area contributed by atoms with E-state index in [1.807, 2.05) is 20.8 Å². The second-order valence-corrected chi connectivity index (χ2v) is 7.88. The molecule has 1 aromatic heterocycles. The van der Waals surface area contributed by atoms with Crippen molar-refractivity contribution < 1.29 is 18.9 Å². The van der Waals surface area contributed by atoms with E-state index in [2.05, 4.69) is 10.3 Å². The van der Waals surface area contributed by atoms with Crippen LogP contribution in [0.2, 0.25) is 0 Å². The Labute approximate surface area is 126 Å². The first-order valence-corrected chi connectivity index (χ1v) is 7.82. The smallest absolute Gasteiger partial charge is 0.337 e. The average molecular weight is 312 g/mol. The van der Waals surface area contributed by atoms with E-state index < -0.39 is 22.7 Å². The van der Waals surface area contributed by atoms with Crippen molar-refractivity contribution in [1.29, 1.82) is 0 Å². The van der Waals surface area contributed by atoms with Gasteiger partial charge in [0.25, 0.3) is 5.91 Å². The lowest BCUT2D eigenvalue weighted by Crippen LogP contribution is -2.33. The minimum absolute atomic E-state index is 0.0698. The molecule has 0 saturated carbocycles. The maximum absolute atomic E-state index is 11.9. The zero-order valence-corrected chi connectivity index (χ0v) is 13.4. The molecule has 2 N–H and O–H groups in total. The van der Waals surface area contributed by atoms with E-state index in [1.165, 1.54) is 19.1 Å². The van der Waals surface area contributed by atoms with Gasteiger partial charge in [-0.1, -0.05) is 0 Å². The Morgan fingerprint density at radius 3 is 2.43 bits per heavy atom. The second kappa shape index (κ2) is 6.80. The third-order valence-corrected chi connectivity index (χ3v) is 4.75. The first kappa shape index (κ1) is 17.3. The van der Waals surface area contributed by atoms with Crippen molar-refractivity contribution in [2.75, 3.05) is 12.3 Å².